The van der Waals surface area contributed by atoms with Gasteiger partial charge in [-0.15, -0.1) is 0 Å². The quantitative estimate of drug-likeness (QED) is 0.758. The summed E-state index contributed by atoms with van der Waals surface area (Å²) in [6.45, 7) is 2.78. The molecule has 3 aromatic rings. The first-order chi connectivity index (χ1) is 11.7. The van der Waals surface area contributed by atoms with Gasteiger partial charge in [0, 0.05) is 17.6 Å². The number of carbonyl (C=O) groups is 1. The van der Waals surface area contributed by atoms with Crippen LogP contribution in [-0.4, -0.2) is 17.6 Å². The summed E-state index contributed by atoms with van der Waals surface area (Å²) in [6, 6.07) is 17.5. The minimum atomic E-state index is -0.264. The Labute approximate surface area is 140 Å². The number of hydrazine groups is 1. The summed E-state index contributed by atoms with van der Waals surface area (Å²) in [6.07, 6.45) is 0.873. The van der Waals surface area contributed by atoms with Gasteiger partial charge in [0.2, 0.25) is 0 Å². The number of aryl methyl sites for hydroxylation is 1. The number of hydrogen-bond acceptors (Lipinski definition) is 3. The van der Waals surface area contributed by atoms with E-state index in [1.54, 1.807) is 0 Å². The maximum absolute atomic E-state index is 12.2. The van der Waals surface area contributed by atoms with E-state index < -0.39 is 0 Å². The van der Waals surface area contributed by atoms with E-state index in [1.165, 1.54) is 5.56 Å². The SMILES string of the molecule is Cc1ccc2cc3c(nc2c1)N(NC(=O)Nc1ccccc1)CC3. The predicted octanol–water partition coefficient (Wildman–Crippen LogP) is 3.64. The Morgan fingerprint density at radius 3 is 2.79 bits per heavy atom. The number of rotatable bonds is 2. The van der Waals surface area contributed by atoms with Crippen LogP contribution in [0.4, 0.5) is 16.3 Å². The van der Waals surface area contributed by atoms with Crippen molar-refractivity contribution in [3.8, 4) is 0 Å². The van der Waals surface area contributed by atoms with Crippen molar-refractivity contribution in [1.82, 2.24) is 10.4 Å². The van der Waals surface area contributed by atoms with E-state index in [4.69, 9.17) is 4.98 Å². The van der Waals surface area contributed by atoms with Crippen molar-refractivity contribution in [3.63, 3.8) is 0 Å². The maximum Gasteiger partial charge on any atom is 0.338 e. The highest BCUT2D eigenvalue weighted by Crippen LogP contribution is 2.28. The molecular weight excluding hydrogens is 300 g/mol. The van der Waals surface area contributed by atoms with E-state index >= 15 is 0 Å². The highest BCUT2D eigenvalue weighted by atomic mass is 16.2. The van der Waals surface area contributed by atoms with Gasteiger partial charge < -0.3 is 5.32 Å². The lowest BCUT2D eigenvalue weighted by Gasteiger charge is -2.20. The number of pyridine rings is 1. The van der Waals surface area contributed by atoms with Crippen molar-refractivity contribution in [2.75, 3.05) is 16.9 Å². The van der Waals surface area contributed by atoms with Gasteiger partial charge in [0.25, 0.3) is 0 Å². The van der Waals surface area contributed by atoms with Crippen LogP contribution in [0.1, 0.15) is 11.1 Å². The summed E-state index contributed by atoms with van der Waals surface area (Å²) in [5, 5.41) is 5.78. The Morgan fingerprint density at radius 2 is 1.96 bits per heavy atom. The molecule has 0 spiro atoms. The molecule has 0 atom stereocenters. The molecule has 1 aliphatic heterocycles. The molecule has 2 N–H and O–H groups in total. The molecule has 4 rings (SSSR count). The number of urea groups is 1. The fourth-order valence-electron chi connectivity index (χ4n) is 2.98. The molecule has 24 heavy (non-hydrogen) atoms. The average Bonchev–Trinajstić information content (AvgIpc) is 2.95. The summed E-state index contributed by atoms with van der Waals surface area (Å²) in [5.41, 5.74) is 6.93. The summed E-state index contributed by atoms with van der Waals surface area (Å²) in [7, 11) is 0. The van der Waals surface area contributed by atoms with E-state index in [2.05, 4.69) is 41.9 Å². The van der Waals surface area contributed by atoms with E-state index in [0.29, 0.717) is 0 Å². The van der Waals surface area contributed by atoms with Gasteiger partial charge in [0.05, 0.1) is 5.52 Å². The third-order valence-electron chi connectivity index (χ3n) is 4.16. The lowest BCUT2D eigenvalue weighted by Crippen LogP contribution is -2.43. The second-order valence-corrected chi connectivity index (χ2v) is 6.00. The molecule has 2 amide bonds. The van der Waals surface area contributed by atoms with Crippen LogP contribution in [0.15, 0.2) is 54.6 Å². The molecule has 2 heterocycles. The monoisotopic (exact) mass is 318 g/mol. The molecule has 5 heteroatoms. The Balaban J connectivity index is 1.56. The number of nitrogens with one attached hydrogen (secondary N) is 2. The summed E-state index contributed by atoms with van der Waals surface area (Å²) in [4.78, 5) is 16.9. The number of amides is 2. The minimum Gasteiger partial charge on any atom is -0.307 e. The number of anilines is 2. The topological polar surface area (TPSA) is 57.3 Å². The Morgan fingerprint density at radius 1 is 1.12 bits per heavy atom. The number of hydrogen-bond donors (Lipinski definition) is 2. The first-order valence-electron chi connectivity index (χ1n) is 7.99. The molecule has 0 aliphatic carbocycles. The van der Waals surface area contributed by atoms with Crippen molar-refractivity contribution in [1.29, 1.82) is 0 Å². The zero-order valence-corrected chi connectivity index (χ0v) is 13.4. The molecule has 120 valence electrons. The zero-order valence-electron chi connectivity index (χ0n) is 13.4. The lowest BCUT2D eigenvalue weighted by atomic mass is 10.1. The molecule has 0 radical (unpaired) electrons. The second-order valence-electron chi connectivity index (χ2n) is 6.00. The Bertz CT molecular complexity index is 908. The molecule has 0 saturated heterocycles. The van der Waals surface area contributed by atoms with Gasteiger partial charge in [-0.25, -0.2) is 15.2 Å². The number of para-hydroxylation sites is 1. The summed E-state index contributed by atoms with van der Waals surface area (Å²) >= 11 is 0. The van der Waals surface area contributed by atoms with Gasteiger partial charge in [0.1, 0.15) is 0 Å². The molecule has 0 saturated carbocycles. The van der Waals surface area contributed by atoms with E-state index in [9.17, 15) is 4.79 Å². The van der Waals surface area contributed by atoms with Crippen molar-refractivity contribution in [2.45, 2.75) is 13.3 Å². The van der Waals surface area contributed by atoms with Gasteiger partial charge in [-0.2, -0.15) is 0 Å². The number of nitrogens with zero attached hydrogens (tertiary/aromatic N) is 2. The largest absolute Gasteiger partial charge is 0.338 e. The molecule has 1 aliphatic rings. The van der Waals surface area contributed by atoms with Crippen LogP contribution in [-0.2, 0) is 6.42 Å². The fraction of sp³-hybridized carbons (Fsp3) is 0.158. The van der Waals surface area contributed by atoms with Crippen LogP contribution in [0.3, 0.4) is 0 Å². The van der Waals surface area contributed by atoms with Crippen LogP contribution in [0, 0.1) is 6.92 Å². The van der Waals surface area contributed by atoms with Gasteiger partial charge in [-0.1, -0.05) is 30.3 Å². The maximum atomic E-state index is 12.2. The van der Waals surface area contributed by atoms with E-state index in [1.807, 2.05) is 35.3 Å². The molecule has 0 unspecified atom stereocenters. The van der Waals surface area contributed by atoms with Crippen LogP contribution in [0.2, 0.25) is 0 Å². The number of benzene rings is 2. The summed E-state index contributed by atoms with van der Waals surface area (Å²) < 4.78 is 0. The van der Waals surface area contributed by atoms with Gasteiger partial charge in [-0.3, -0.25) is 5.01 Å². The molecule has 0 bridgehead atoms. The fourth-order valence-corrected chi connectivity index (χ4v) is 2.98. The predicted molar refractivity (Wildman–Crippen MR) is 96.1 cm³/mol. The number of fused-ring (bicyclic) bond motifs is 2. The van der Waals surface area contributed by atoms with Crippen LogP contribution >= 0.6 is 0 Å². The van der Waals surface area contributed by atoms with Crippen LogP contribution in [0.5, 0.6) is 0 Å². The zero-order chi connectivity index (χ0) is 16.5. The van der Waals surface area contributed by atoms with Crippen molar-refractivity contribution in [2.24, 2.45) is 0 Å². The lowest BCUT2D eigenvalue weighted by molar-refractivity contribution is 0.251. The number of carbonyl (C=O) groups excluding carboxylic acids is 1. The third-order valence-corrected chi connectivity index (χ3v) is 4.16. The second kappa shape index (κ2) is 5.85. The Kier molecular flexibility index (Phi) is 3.54. The summed E-state index contributed by atoms with van der Waals surface area (Å²) in [5.74, 6) is 0.830. The van der Waals surface area contributed by atoms with Gasteiger partial charge in [-0.05, 0) is 48.7 Å². The van der Waals surface area contributed by atoms with Crippen LogP contribution < -0.4 is 15.8 Å². The van der Waals surface area contributed by atoms with E-state index in [-0.39, 0.29) is 6.03 Å². The van der Waals surface area contributed by atoms with Crippen molar-refractivity contribution in [3.05, 3.63) is 65.7 Å². The Hall–Kier alpha value is -3.08. The first kappa shape index (κ1) is 14.5. The van der Waals surface area contributed by atoms with Gasteiger partial charge >= 0.3 is 6.03 Å². The molecule has 2 aromatic carbocycles. The highest BCUT2D eigenvalue weighted by molar-refractivity contribution is 5.91. The normalized spacial score (nSPS) is 13.0. The molecular formula is C19H18N4O. The third kappa shape index (κ3) is 2.76. The van der Waals surface area contributed by atoms with Gasteiger partial charge in [0.15, 0.2) is 5.82 Å². The molecule has 1 aromatic heterocycles. The highest BCUT2D eigenvalue weighted by Gasteiger charge is 2.23. The van der Waals surface area contributed by atoms with Crippen molar-refractivity contribution >= 4 is 28.4 Å². The smallest absolute Gasteiger partial charge is 0.307 e. The average molecular weight is 318 g/mol. The molecule has 5 nitrogen and oxygen atoms in total. The first-order valence-corrected chi connectivity index (χ1v) is 7.99. The molecule has 0 fully saturated rings. The van der Waals surface area contributed by atoms with Crippen LogP contribution in [0.25, 0.3) is 10.9 Å². The van der Waals surface area contributed by atoms with Crippen molar-refractivity contribution < 1.29 is 4.79 Å². The number of aromatic nitrogens is 1. The van der Waals surface area contributed by atoms with E-state index in [0.717, 1.165) is 40.9 Å². The minimum absolute atomic E-state index is 0.264. The standard InChI is InChI=1S/C19H18N4O/c1-13-7-8-14-12-15-9-10-23(18(15)21-17(14)11-13)22-19(24)20-16-5-3-2-4-6-16/h2-8,11-12H,9-10H2,1H3,(H2,20,22,24).